The summed E-state index contributed by atoms with van der Waals surface area (Å²) in [5.41, 5.74) is 4.21. The van der Waals surface area contributed by atoms with Crippen molar-refractivity contribution < 1.29 is 19.1 Å². The summed E-state index contributed by atoms with van der Waals surface area (Å²) in [6, 6.07) is 10.5. The topological polar surface area (TPSA) is 76.7 Å². The molecule has 4 rings (SSSR count). The Morgan fingerprint density at radius 1 is 1.07 bits per heavy atom. The quantitative estimate of drug-likeness (QED) is 0.700. The van der Waals surface area contributed by atoms with Crippen LogP contribution in [-0.4, -0.2) is 11.1 Å². The Kier molecular flexibility index (Phi) is 4.44. The Hall–Kier alpha value is -3.08. The van der Waals surface area contributed by atoms with Gasteiger partial charge in [0.05, 0.1) is 5.56 Å². The van der Waals surface area contributed by atoms with E-state index >= 15 is 0 Å². The highest BCUT2D eigenvalue weighted by molar-refractivity contribution is 5.87. The van der Waals surface area contributed by atoms with Crippen LogP contribution in [0.2, 0.25) is 0 Å². The average Bonchev–Trinajstić information content (AvgIpc) is 2.68. The van der Waals surface area contributed by atoms with E-state index in [1.807, 2.05) is 19.1 Å². The molecule has 27 heavy (non-hydrogen) atoms. The summed E-state index contributed by atoms with van der Waals surface area (Å²) in [5, 5.41) is 9.96. The molecule has 5 nitrogen and oxygen atoms in total. The van der Waals surface area contributed by atoms with Crippen molar-refractivity contribution in [3.05, 3.63) is 74.6 Å². The molecule has 0 unspecified atom stereocenters. The zero-order valence-corrected chi connectivity index (χ0v) is 15.1. The van der Waals surface area contributed by atoms with E-state index in [2.05, 4.69) is 0 Å². The summed E-state index contributed by atoms with van der Waals surface area (Å²) in [6.07, 6.45) is 3.82. The number of hydrogen-bond acceptors (Lipinski definition) is 4. The third-order valence-corrected chi connectivity index (χ3v) is 5.19. The van der Waals surface area contributed by atoms with Gasteiger partial charge in [0.25, 0.3) is 0 Å². The van der Waals surface area contributed by atoms with E-state index < -0.39 is 5.97 Å². The lowest BCUT2D eigenvalue weighted by atomic mass is 9.90. The molecule has 0 saturated heterocycles. The van der Waals surface area contributed by atoms with Gasteiger partial charge in [-0.1, -0.05) is 12.1 Å². The number of ether oxygens (including phenoxy) is 1. The molecule has 3 aromatic rings. The van der Waals surface area contributed by atoms with Crippen molar-refractivity contribution >= 4 is 16.9 Å². The Morgan fingerprint density at radius 3 is 2.48 bits per heavy atom. The minimum absolute atomic E-state index is 0.235. The predicted molar refractivity (Wildman–Crippen MR) is 102 cm³/mol. The average molecular weight is 364 g/mol. The summed E-state index contributed by atoms with van der Waals surface area (Å²) < 4.78 is 11.5. The highest BCUT2D eigenvalue weighted by Crippen LogP contribution is 2.32. The van der Waals surface area contributed by atoms with Crippen molar-refractivity contribution in [1.29, 1.82) is 0 Å². The number of aromatic carboxylic acids is 1. The van der Waals surface area contributed by atoms with E-state index in [1.165, 1.54) is 0 Å². The molecule has 0 aliphatic heterocycles. The van der Waals surface area contributed by atoms with Crippen molar-refractivity contribution in [2.24, 2.45) is 0 Å². The summed E-state index contributed by atoms with van der Waals surface area (Å²) in [4.78, 5) is 23.3. The third kappa shape index (κ3) is 3.21. The number of aryl methyl sites for hydroxylation is 2. The summed E-state index contributed by atoms with van der Waals surface area (Å²) in [5.74, 6) is -0.296. The molecule has 1 aliphatic rings. The summed E-state index contributed by atoms with van der Waals surface area (Å²) in [7, 11) is 0. The fourth-order valence-corrected chi connectivity index (χ4v) is 3.69. The highest BCUT2D eigenvalue weighted by Gasteiger charge is 2.20. The molecular weight excluding hydrogens is 344 g/mol. The smallest absolute Gasteiger partial charge is 0.339 e. The van der Waals surface area contributed by atoms with Crippen LogP contribution < -0.4 is 10.4 Å². The molecule has 2 aromatic carbocycles. The fraction of sp³-hybridized carbons (Fsp3) is 0.273. The van der Waals surface area contributed by atoms with Gasteiger partial charge in [0.1, 0.15) is 17.9 Å². The highest BCUT2D eigenvalue weighted by atomic mass is 16.5. The largest absolute Gasteiger partial charge is 0.488 e. The molecular formula is C22H20O5. The van der Waals surface area contributed by atoms with E-state index in [-0.39, 0.29) is 11.2 Å². The van der Waals surface area contributed by atoms with Gasteiger partial charge >= 0.3 is 11.6 Å². The maximum atomic E-state index is 12.4. The van der Waals surface area contributed by atoms with Crippen molar-refractivity contribution in [3.8, 4) is 5.75 Å². The van der Waals surface area contributed by atoms with Crippen LogP contribution in [0.25, 0.3) is 11.0 Å². The molecule has 138 valence electrons. The molecule has 0 radical (unpaired) electrons. The number of hydrogen-bond donors (Lipinski definition) is 1. The van der Waals surface area contributed by atoms with Crippen molar-refractivity contribution in [1.82, 2.24) is 0 Å². The van der Waals surface area contributed by atoms with E-state index in [1.54, 1.807) is 24.3 Å². The number of benzene rings is 2. The second-order valence-corrected chi connectivity index (χ2v) is 6.91. The maximum Gasteiger partial charge on any atom is 0.339 e. The SMILES string of the molecule is Cc1c(OCc2ccc(C(=O)O)cc2)ccc2c3c(c(=O)oc12)CCCC3. The van der Waals surface area contributed by atoms with Crippen molar-refractivity contribution in [3.63, 3.8) is 0 Å². The van der Waals surface area contributed by atoms with Crippen molar-refractivity contribution in [2.75, 3.05) is 0 Å². The molecule has 0 atom stereocenters. The van der Waals surface area contributed by atoms with Crippen LogP contribution in [-0.2, 0) is 19.4 Å². The number of rotatable bonds is 4. The van der Waals surface area contributed by atoms with E-state index in [0.29, 0.717) is 17.9 Å². The Labute approximate surface area is 156 Å². The standard InChI is InChI=1S/C22H20O5/c1-13-19(26-12-14-6-8-15(9-7-14)21(23)24)11-10-17-16-4-2-3-5-18(16)22(25)27-20(13)17/h6-11H,2-5,12H2,1H3,(H,23,24). The first-order valence-electron chi connectivity index (χ1n) is 9.08. The zero-order chi connectivity index (χ0) is 19.0. The van der Waals surface area contributed by atoms with Gasteiger partial charge in [0.2, 0.25) is 0 Å². The number of carboxylic acid groups (broad SMARTS) is 1. The van der Waals surface area contributed by atoms with Crippen LogP contribution in [0, 0.1) is 6.92 Å². The molecule has 0 spiro atoms. The molecule has 0 fully saturated rings. The second-order valence-electron chi connectivity index (χ2n) is 6.91. The van der Waals surface area contributed by atoms with Crippen LogP contribution in [0.5, 0.6) is 5.75 Å². The molecule has 0 amide bonds. The lowest BCUT2D eigenvalue weighted by Gasteiger charge is -2.18. The van der Waals surface area contributed by atoms with E-state index in [0.717, 1.165) is 53.3 Å². The molecule has 1 heterocycles. The Morgan fingerprint density at radius 2 is 1.78 bits per heavy atom. The van der Waals surface area contributed by atoms with Gasteiger partial charge in [-0.3, -0.25) is 0 Å². The van der Waals surface area contributed by atoms with E-state index in [9.17, 15) is 9.59 Å². The predicted octanol–water partition coefficient (Wildman–Crippen LogP) is 4.26. The Bertz CT molecular complexity index is 1080. The van der Waals surface area contributed by atoms with E-state index in [4.69, 9.17) is 14.3 Å². The Balaban J connectivity index is 1.64. The lowest BCUT2D eigenvalue weighted by Crippen LogP contribution is -2.16. The van der Waals surface area contributed by atoms with Gasteiger partial charge in [0.15, 0.2) is 0 Å². The van der Waals surface area contributed by atoms with Gasteiger partial charge in [-0.2, -0.15) is 0 Å². The lowest BCUT2D eigenvalue weighted by molar-refractivity contribution is 0.0697. The maximum absolute atomic E-state index is 12.4. The number of carbonyl (C=O) groups is 1. The molecule has 1 N–H and O–H groups in total. The van der Waals surface area contributed by atoms with Gasteiger partial charge in [0, 0.05) is 16.5 Å². The van der Waals surface area contributed by atoms with Crippen LogP contribution in [0.1, 0.15) is 45.5 Å². The van der Waals surface area contributed by atoms with Crippen LogP contribution in [0.3, 0.4) is 0 Å². The van der Waals surface area contributed by atoms with Crippen LogP contribution in [0.4, 0.5) is 0 Å². The first-order valence-corrected chi connectivity index (χ1v) is 9.08. The monoisotopic (exact) mass is 364 g/mol. The first-order chi connectivity index (χ1) is 13.0. The number of fused-ring (bicyclic) bond motifs is 3. The third-order valence-electron chi connectivity index (χ3n) is 5.19. The van der Waals surface area contributed by atoms with Crippen LogP contribution >= 0.6 is 0 Å². The first kappa shape index (κ1) is 17.3. The van der Waals surface area contributed by atoms with Crippen LogP contribution in [0.15, 0.2) is 45.6 Å². The molecule has 0 bridgehead atoms. The summed E-state index contributed by atoms with van der Waals surface area (Å²) in [6.45, 7) is 2.20. The molecule has 5 heteroatoms. The molecule has 1 aromatic heterocycles. The minimum atomic E-state index is -0.953. The normalized spacial score (nSPS) is 13.4. The fourth-order valence-electron chi connectivity index (χ4n) is 3.69. The van der Waals surface area contributed by atoms with Crippen molar-refractivity contribution in [2.45, 2.75) is 39.2 Å². The molecule has 1 aliphatic carbocycles. The van der Waals surface area contributed by atoms with Gasteiger partial charge < -0.3 is 14.3 Å². The second kappa shape index (κ2) is 6.91. The van der Waals surface area contributed by atoms with Gasteiger partial charge in [-0.25, -0.2) is 9.59 Å². The van der Waals surface area contributed by atoms with Gasteiger partial charge in [-0.05, 0) is 68.0 Å². The molecule has 0 saturated carbocycles. The number of carboxylic acids is 1. The minimum Gasteiger partial charge on any atom is -0.488 e. The zero-order valence-electron chi connectivity index (χ0n) is 15.1. The van der Waals surface area contributed by atoms with Gasteiger partial charge in [-0.15, -0.1) is 0 Å². The summed E-state index contributed by atoms with van der Waals surface area (Å²) >= 11 is 0.